The monoisotopic (exact) mass is 357 g/mol. The molecule has 3 aromatic rings. The van der Waals surface area contributed by atoms with Crippen molar-refractivity contribution >= 4 is 45.7 Å². The molecule has 0 fully saturated rings. The number of aliphatic hydroxyl groups is 1. The summed E-state index contributed by atoms with van der Waals surface area (Å²) in [5, 5.41) is 20.2. The highest BCUT2D eigenvalue weighted by atomic mass is 35.5. The van der Waals surface area contributed by atoms with Gasteiger partial charge in [0.25, 0.3) is 6.01 Å². The first-order chi connectivity index (χ1) is 10.6. The van der Waals surface area contributed by atoms with Crippen molar-refractivity contribution in [2.24, 2.45) is 0 Å². The smallest absolute Gasteiger partial charge is 0.296 e. The van der Waals surface area contributed by atoms with Gasteiger partial charge in [0, 0.05) is 16.6 Å². The lowest BCUT2D eigenvalue weighted by Gasteiger charge is -2.17. The molecular formula is C14H13Cl2N3O2S. The number of aromatic nitrogens is 3. The first-order valence-corrected chi connectivity index (χ1v) is 8.26. The molecule has 3 aromatic heterocycles. The van der Waals surface area contributed by atoms with Crippen LogP contribution in [0.15, 0.2) is 18.3 Å². The van der Waals surface area contributed by atoms with Crippen LogP contribution in [0, 0.1) is 0 Å². The number of nitrogens with zero attached hydrogens (tertiary/aromatic N) is 3. The van der Waals surface area contributed by atoms with E-state index >= 15 is 0 Å². The highest BCUT2D eigenvalue weighted by Crippen LogP contribution is 2.41. The predicted octanol–water partition coefficient (Wildman–Crippen LogP) is 4.12. The zero-order valence-corrected chi connectivity index (χ0v) is 14.0. The zero-order chi connectivity index (χ0) is 15.9. The Bertz CT molecular complexity index is 827. The van der Waals surface area contributed by atoms with Crippen LogP contribution in [0.4, 0.5) is 0 Å². The fourth-order valence-electron chi connectivity index (χ4n) is 2.45. The summed E-state index contributed by atoms with van der Waals surface area (Å²) >= 11 is 13.7. The number of thiophene rings is 1. The molecule has 3 rings (SSSR count). The van der Waals surface area contributed by atoms with Gasteiger partial charge in [-0.2, -0.15) is 4.98 Å². The molecule has 0 aromatic carbocycles. The van der Waals surface area contributed by atoms with E-state index in [9.17, 15) is 10.2 Å². The Kier molecular flexibility index (Phi) is 4.27. The molecule has 3 heterocycles. The topological polar surface area (TPSA) is 71.2 Å². The summed E-state index contributed by atoms with van der Waals surface area (Å²) in [5.41, 5.74) is 1.70. The molecule has 8 heteroatoms. The second-order valence-electron chi connectivity index (χ2n) is 4.78. The minimum absolute atomic E-state index is 0.118. The maximum absolute atomic E-state index is 10.2. The van der Waals surface area contributed by atoms with Gasteiger partial charge < -0.3 is 10.2 Å². The Labute approximate surface area is 140 Å². The van der Waals surface area contributed by atoms with E-state index < -0.39 is 0 Å². The number of hydrogen-bond donors (Lipinski definition) is 2. The molecule has 0 aliphatic rings. The number of fused-ring (bicyclic) bond motifs is 1. The summed E-state index contributed by atoms with van der Waals surface area (Å²) in [5.74, 6) is 0. The maximum Gasteiger partial charge on any atom is 0.296 e. The molecule has 116 valence electrons. The molecule has 5 nitrogen and oxygen atoms in total. The van der Waals surface area contributed by atoms with E-state index in [4.69, 9.17) is 23.2 Å². The van der Waals surface area contributed by atoms with Crippen LogP contribution in [-0.4, -0.2) is 31.4 Å². The third-order valence-corrected chi connectivity index (χ3v) is 5.05. The predicted molar refractivity (Wildman–Crippen MR) is 88.9 cm³/mol. The van der Waals surface area contributed by atoms with Crippen molar-refractivity contribution in [3.63, 3.8) is 0 Å². The number of hydrogen-bond acceptors (Lipinski definition) is 5. The van der Waals surface area contributed by atoms with Crippen LogP contribution >= 0.6 is 34.5 Å². The van der Waals surface area contributed by atoms with Crippen LogP contribution in [0.25, 0.3) is 21.6 Å². The van der Waals surface area contributed by atoms with Crippen LogP contribution in [-0.2, 0) is 0 Å². The van der Waals surface area contributed by atoms with Gasteiger partial charge in [0.2, 0.25) is 0 Å². The summed E-state index contributed by atoms with van der Waals surface area (Å²) in [6.45, 7) is 1.80. The van der Waals surface area contributed by atoms with E-state index in [0.717, 1.165) is 4.88 Å². The Morgan fingerprint density at radius 2 is 2.14 bits per heavy atom. The van der Waals surface area contributed by atoms with Gasteiger partial charge in [-0.3, -0.25) is 4.57 Å². The highest BCUT2D eigenvalue weighted by Gasteiger charge is 2.23. The molecule has 0 aliphatic carbocycles. The standard InChI is InChI=1S/C14H13Cl2N3O2S/c1-2-7(6-20)19-12-11(9-3-4-10(16)22-9)8(15)5-17-13(12)18-14(19)21/h3-5,7,20H,2,6H2,1H3,(H,17,18,21)/t7-/m0/s1. The average Bonchev–Trinajstić information content (AvgIpc) is 3.05. The molecule has 2 N–H and O–H groups in total. The minimum atomic E-state index is -0.306. The van der Waals surface area contributed by atoms with E-state index in [1.54, 1.807) is 10.6 Å². The summed E-state index contributed by atoms with van der Waals surface area (Å²) < 4.78 is 2.22. The third-order valence-electron chi connectivity index (χ3n) is 3.52. The fraction of sp³-hybridized carbons (Fsp3) is 0.286. The molecule has 22 heavy (non-hydrogen) atoms. The molecule has 0 saturated heterocycles. The normalized spacial score (nSPS) is 12.9. The molecule has 0 aliphatic heterocycles. The van der Waals surface area contributed by atoms with Gasteiger partial charge in [-0.15, -0.1) is 11.3 Å². The Morgan fingerprint density at radius 3 is 2.73 bits per heavy atom. The third kappa shape index (κ3) is 2.46. The largest absolute Gasteiger partial charge is 0.480 e. The fourth-order valence-corrected chi connectivity index (χ4v) is 3.85. The lowest BCUT2D eigenvalue weighted by atomic mass is 10.1. The van der Waals surface area contributed by atoms with Gasteiger partial charge in [0.15, 0.2) is 5.65 Å². The first kappa shape index (κ1) is 15.6. The molecule has 0 amide bonds. The van der Waals surface area contributed by atoms with Gasteiger partial charge in [-0.25, -0.2) is 4.98 Å². The van der Waals surface area contributed by atoms with Gasteiger partial charge in [-0.1, -0.05) is 30.1 Å². The number of rotatable bonds is 4. The van der Waals surface area contributed by atoms with E-state index in [1.807, 2.05) is 13.0 Å². The quantitative estimate of drug-likeness (QED) is 0.736. The van der Waals surface area contributed by atoms with Crippen molar-refractivity contribution in [3.8, 4) is 16.5 Å². The zero-order valence-electron chi connectivity index (χ0n) is 11.6. The van der Waals surface area contributed by atoms with Gasteiger partial charge in [0.05, 0.1) is 22.0 Å². The molecule has 0 radical (unpaired) electrons. The van der Waals surface area contributed by atoms with E-state index in [-0.39, 0.29) is 18.7 Å². The Balaban J connectivity index is 2.37. The lowest BCUT2D eigenvalue weighted by Crippen LogP contribution is -2.12. The van der Waals surface area contributed by atoms with Crippen molar-refractivity contribution < 1.29 is 10.2 Å². The number of aliphatic hydroxyl groups excluding tert-OH is 1. The minimum Gasteiger partial charge on any atom is -0.480 e. The number of pyridine rings is 1. The van der Waals surface area contributed by atoms with Crippen molar-refractivity contribution in [2.45, 2.75) is 19.4 Å². The van der Waals surface area contributed by atoms with Gasteiger partial charge in [-0.05, 0) is 18.6 Å². The first-order valence-electron chi connectivity index (χ1n) is 6.68. The van der Waals surface area contributed by atoms with Crippen molar-refractivity contribution in [3.05, 3.63) is 27.7 Å². The number of halogens is 2. The lowest BCUT2D eigenvalue weighted by molar-refractivity contribution is 0.216. The van der Waals surface area contributed by atoms with Crippen LogP contribution in [0.2, 0.25) is 9.36 Å². The Morgan fingerprint density at radius 1 is 1.36 bits per heavy atom. The van der Waals surface area contributed by atoms with Crippen LogP contribution in [0.5, 0.6) is 6.01 Å². The summed E-state index contributed by atoms with van der Waals surface area (Å²) in [4.78, 5) is 9.10. The molecule has 0 saturated carbocycles. The van der Waals surface area contributed by atoms with E-state index in [2.05, 4.69) is 9.97 Å². The molecular weight excluding hydrogens is 345 g/mol. The van der Waals surface area contributed by atoms with E-state index in [1.165, 1.54) is 17.5 Å². The van der Waals surface area contributed by atoms with Crippen molar-refractivity contribution in [1.82, 2.24) is 14.5 Å². The molecule has 0 unspecified atom stereocenters. The average molecular weight is 358 g/mol. The molecule has 0 bridgehead atoms. The SMILES string of the molecule is CC[C@@H](CO)n1c(O)nc2ncc(Cl)c(-c3ccc(Cl)s3)c21. The van der Waals surface area contributed by atoms with Crippen LogP contribution < -0.4 is 0 Å². The van der Waals surface area contributed by atoms with Crippen LogP contribution in [0.1, 0.15) is 19.4 Å². The molecule has 1 atom stereocenters. The van der Waals surface area contributed by atoms with Crippen molar-refractivity contribution in [1.29, 1.82) is 0 Å². The van der Waals surface area contributed by atoms with E-state index in [0.29, 0.717) is 32.5 Å². The van der Waals surface area contributed by atoms with Gasteiger partial charge >= 0.3 is 0 Å². The Hall–Kier alpha value is -1.34. The summed E-state index contributed by atoms with van der Waals surface area (Å²) in [6.07, 6.45) is 2.14. The second kappa shape index (κ2) is 6.04. The number of imidazole rings is 1. The van der Waals surface area contributed by atoms with Crippen LogP contribution in [0.3, 0.4) is 0 Å². The summed E-state index contributed by atoms with van der Waals surface area (Å²) in [6, 6.07) is 3.16. The summed E-state index contributed by atoms with van der Waals surface area (Å²) in [7, 11) is 0. The second-order valence-corrected chi connectivity index (χ2v) is 6.91. The highest BCUT2D eigenvalue weighted by molar-refractivity contribution is 7.19. The molecule has 0 spiro atoms. The maximum atomic E-state index is 10.2. The van der Waals surface area contributed by atoms with Gasteiger partial charge in [0.1, 0.15) is 5.52 Å². The van der Waals surface area contributed by atoms with Crippen molar-refractivity contribution in [2.75, 3.05) is 6.61 Å². The number of aromatic hydroxyl groups is 1.